The molecule has 5 aromatic rings. The maximum Gasteiger partial charge on any atom is 0.417 e. The number of hydrogen-bond donors (Lipinski definition) is 4. The highest BCUT2D eigenvalue weighted by Gasteiger charge is 2.37. The third kappa shape index (κ3) is 4.42. The van der Waals surface area contributed by atoms with Gasteiger partial charge in [0.25, 0.3) is 5.91 Å². The van der Waals surface area contributed by atoms with E-state index in [1.807, 2.05) is 0 Å². The summed E-state index contributed by atoms with van der Waals surface area (Å²) in [6.45, 7) is 0. The number of imidazole rings is 1. The Morgan fingerprint density at radius 3 is 2.38 bits per heavy atom. The number of carbonyl (C=O) groups excluding carboxylic acids is 1. The summed E-state index contributed by atoms with van der Waals surface area (Å²) >= 11 is 6.02. The SMILES string of the molecule is O=C(O)c1ccc(-c2nn(C(=O)c3c(Cl)cccc3C(F)(F)F)c3cc(-c4[nH]c(=O)[nH]c4O)ccc23)c(F)c1. The monoisotopic (exact) mass is 560 g/mol. The van der Waals surface area contributed by atoms with Crippen molar-refractivity contribution in [1.29, 1.82) is 0 Å². The molecular formula is C25H13ClF4N4O5. The Balaban J connectivity index is 1.80. The smallest absolute Gasteiger partial charge is 0.417 e. The third-order valence-electron chi connectivity index (χ3n) is 5.87. The summed E-state index contributed by atoms with van der Waals surface area (Å²) in [5.74, 6) is -4.25. The van der Waals surface area contributed by atoms with Crippen LogP contribution in [0, 0.1) is 5.82 Å². The number of aromatic nitrogens is 4. The molecule has 0 amide bonds. The lowest BCUT2D eigenvalue weighted by Crippen LogP contribution is -2.20. The van der Waals surface area contributed by atoms with Gasteiger partial charge in [-0.2, -0.15) is 23.0 Å². The number of rotatable bonds is 4. The summed E-state index contributed by atoms with van der Waals surface area (Å²) < 4.78 is 56.9. The summed E-state index contributed by atoms with van der Waals surface area (Å²) in [6, 6.07) is 9.71. The van der Waals surface area contributed by atoms with Crippen molar-refractivity contribution in [2.75, 3.05) is 0 Å². The van der Waals surface area contributed by atoms with Gasteiger partial charge in [-0.25, -0.2) is 14.0 Å². The van der Waals surface area contributed by atoms with Crippen LogP contribution < -0.4 is 5.69 Å². The minimum Gasteiger partial charge on any atom is -0.493 e. The van der Waals surface area contributed by atoms with Gasteiger partial charge in [-0.3, -0.25) is 9.78 Å². The molecular weight excluding hydrogens is 548 g/mol. The molecule has 0 aliphatic heterocycles. The van der Waals surface area contributed by atoms with Gasteiger partial charge in [-0.05, 0) is 42.5 Å². The Morgan fingerprint density at radius 2 is 1.77 bits per heavy atom. The number of nitrogens with zero attached hydrogens (tertiary/aromatic N) is 2. The minimum absolute atomic E-state index is 0.0886. The van der Waals surface area contributed by atoms with Crippen LogP contribution in [-0.2, 0) is 6.18 Å². The first-order valence-electron chi connectivity index (χ1n) is 10.8. The van der Waals surface area contributed by atoms with Crippen LogP contribution >= 0.6 is 11.6 Å². The second kappa shape index (κ2) is 9.13. The average molecular weight is 561 g/mol. The van der Waals surface area contributed by atoms with Gasteiger partial charge in [-0.15, -0.1) is 0 Å². The molecule has 2 heterocycles. The van der Waals surface area contributed by atoms with Gasteiger partial charge in [0.15, 0.2) is 0 Å². The number of benzene rings is 3. The van der Waals surface area contributed by atoms with Crippen molar-refractivity contribution < 1.29 is 37.4 Å². The molecule has 0 spiro atoms. The standard InChI is InChI=1S/C25H13ClF4N4O5/c26-15-3-1-2-14(25(28,29)30)18(15)22(36)34-17-9-10(19-21(35)32-24(39)31-19)4-7-13(17)20(33-34)12-6-5-11(23(37)38)8-16(12)27/h1-9,35H,(H,37,38)(H2,31,32,39). The van der Waals surface area contributed by atoms with E-state index in [9.17, 15) is 37.1 Å². The number of fused-ring (bicyclic) bond motifs is 1. The predicted octanol–water partition coefficient (Wildman–Crippen LogP) is 5.29. The lowest BCUT2D eigenvalue weighted by molar-refractivity contribution is -0.137. The van der Waals surface area contributed by atoms with Gasteiger partial charge < -0.3 is 15.2 Å². The Hall–Kier alpha value is -4.91. The molecule has 0 bridgehead atoms. The zero-order chi connectivity index (χ0) is 28.2. The van der Waals surface area contributed by atoms with E-state index in [4.69, 9.17) is 16.7 Å². The molecule has 0 unspecified atom stereocenters. The van der Waals surface area contributed by atoms with Gasteiger partial charge in [0, 0.05) is 16.5 Å². The Kier molecular flexibility index (Phi) is 6.02. The molecule has 198 valence electrons. The van der Waals surface area contributed by atoms with Gasteiger partial charge >= 0.3 is 17.8 Å². The van der Waals surface area contributed by atoms with E-state index >= 15 is 0 Å². The van der Waals surface area contributed by atoms with Crippen molar-refractivity contribution in [3.8, 4) is 28.4 Å². The molecule has 0 fully saturated rings. The number of nitrogens with one attached hydrogen (secondary N) is 2. The predicted molar refractivity (Wildman–Crippen MR) is 130 cm³/mol. The molecule has 3 aromatic carbocycles. The van der Waals surface area contributed by atoms with Crippen molar-refractivity contribution in [2.24, 2.45) is 0 Å². The van der Waals surface area contributed by atoms with Crippen LogP contribution in [0.4, 0.5) is 17.6 Å². The van der Waals surface area contributed by atoms with Gasteiger partial charge in [0.05, 0.1) is 27.2 Å². The van der Waals surface area contributed by atoms with E-state index in [1.54, 1.807) is 0 Å². The normalized spacial score (nSPS) is 11.7. The first-order valence-corrected chi connectivity index (χ1v) is 11.2. The van der Waals surface area contributed by atoms with Crippen molar-refractivity contribution in [2.45, 2.75) is 6.18 Å². The van der Waals surface area contributed by atoms with E-state index in [0.29, 0.717) is 10.7 Å². The molecule has 0 saturated carbocycles. The fourth-order valence-corrected chi connectivity index (χ4v) is 4.39. The number of halogens is 5. The number of aromatic hydroxyl groups is 1. The maximum absolute atomic E-state index is 15.0. The molecule has 0 aliphatic rings. The number of aromatic amines is 2. The Morgan fingerprint density at radius 1 is 1.03 bits per heavy atom. The van der Waals surface area contributed by atoms with Crippen LogP contribution in [0.25, 0.3) is 33.4 Å². The highest BCUT2D eigenvalue weighted by molar-refractivity contribution is 6.34. The van der Waals surface area contributed by atoms with Crippen LogP contribution in [0.15, 0.2) is 59.4 Å². The molecule has 5 rings (SSSR count). The summed E-state index contributed by atoms with van der Waals surface area (Å²) in [5, 5.41) is 22.9. The zero-order valence-electron chi connectivity index (χ0n) is 19.1. The highest BCUT2D eigenvalue weighted by Crippen LogP contribution is 2.38. The van der Waals surface area contributed by atoms with Crippen molar-refractivity contribution in [1.82, 2.24) is 19.7 Å². The van der Waals surface area contributed by atoms with Crippen LogP contribution in [-0.4, -0.2) is 41.8 Å². The molecule has 4 N–H and O–H groups in total. The summed E-state index contributed by atoms with van der Waals surface area (Å²) in [6.07, 6.45) is -4.96. The molecule has 0 atom stereocenters. The lowest BCUT2D eigenvalue weighted by atomic mass is 10.0. The number of carboxylic acids is 1. The molecule has 0 aliphatic carbocycles. The van der Waals surface area contributed by atoms with E-state index in [-0.39, 0.29) is 39.0 Å². The lowest BCUT2D eigenvalue weighted by Gasteiger charge is -2.13. The minimum atomic E-state index is -4.96. The van der Waals surface area contributed by atoms with E-state index in [0.717, 1.165) is 30.3 Å². The van der Waals surface area contributed by atoms with Crippen LogP contribution in [0.3, 0.4) is 0 Å². The van der Waals surface area contributed by atoms with Crippen LogP contribution in [0.2, 0.25) is 5.02 Å². The molecule has 9 nitrogen and oxygen atoms in total. The summed E-state index contributed by atoms with van der Waals surface area (Å²) in [4.78, 5) is 40.9. The summed E-state index contributed by atoms with van der Waals surface area (Å²) in [5.41, 5.74) is -3.85. The van der Waals surface area contributed by atoms with E-state index < -0.39 is 51.6 Å². The number of carbonyl (C=O) groups is 2. The molecule has 2 aromatic heterocycles. The third-order valence-corrected chi connectivity index (χ3v) is 6.19. The van der Waals surface area contributed by atoms with Crippen LogP contribution in [0.1, 0.15) is 26.3 Å². The fourth-order valence-electron chi connectivity index (χ4n) is 4.13. The second-order valence-corrected chi connectivity index (χ2v) is 8.67. The Bertz CT molecular complexity index is 1870. The second-order valence-electron chi connectivity index (χ2n) is 8.26. The number of hydrogen-bond acceptors (Lipinski definition) is 5. The number of alkyl halides is 3. The van der Waals surface area contributed by atoms with E-state index in [2.05, 4.69) is 15.1 Å². The molecule has 0 saturated heterocycles. The largest absolute Gasteiger partial charge is 0.493 e. The quantitative estimate of drug-likeness (QED) is 0.220. The van der Waals surface area contributed by atoms with Crippen LogP contribution in [0.5, 0.6) is 5.88 Å². The summed E-state index contributed by atoms with van der Waals surface area (Å²) in [7, 11) is 0. The first kappa shape index (κ1) is 25.7. The number of carboxylic acid groups (broad SMARTS) is 1. The first-order chi connectivity index (χ1) is 18.4. The maximum atomic E-state index is 15.0. The average Bonchev–Trinajstić information content (AvgIpc) is 3.41. The number of H-pyrrole nitrogens is 2. The number of aromatic carboxylic acids is 1. The van der Waals surface area contributed by atoms with Gasteiger partial charge in [0.2, 0.25) is 5.88 Å². The van der Waals surface area contributed by atoms with Gasteiger partial charge in [0.1, 0.15) is 17.2 Å². The fraction of sp³-hybridized carbons (Fsp3) is 0.0400. The highest BCUT2D eigenvalue weighted by atomic mass is 35.5. The van der Waals surface area contributed by atoms with Crippen molar-refractivity contribution in [3.63, 3.8) is 0 Å². The molecule has 0 radical (unpaired) electrons. The van der Waals surface area contributed by atoms with E-state index in [1.165, 1.54) is 18.2 Å². The topological polar surface area (TPSA) is 141 Å². The molecule has 14 heteroatoms. The Labute approximate surface area is 218 Å². The van der Waals surface area contributed by atoms with Gasteiger partial charge in [-0.1, -0.05) is 23.7 Å². The molecule has 39 heavy (non-hydrogen) atoms. The zero-order valence-corrected chi connectivity index (χ0v) is 19.9. The van der Waals surface area contributed by atoms with Crippen molar-refractivity contribution >= 4 is 34.4 Å². The van der Waals surface area contributed by atoms with Crippen molar-refractivity contribution in [3.05, 3.63) is 92.6 Å².